The minimum Gasteiger partial charge on any atom is -0.496 e. The fraction of sp³-hybridized carbons (Fsp3) is 0.316. The van der Waals surface area contributed by atoms with Gasteiger partial charge in [-0.15, -0.1) is 0 Å². The van der Waals surface area contributed by atoms with Crippen LogP contribution < -0.4 is 14.8 Å². The van der Waals surface area contributed by atoms with Crippen molar-refractivity contribution in [2.24, 2.45) is 0 Å². The number of hydrogen-bond acceptors (Lipinski definition) is 6. The van der Waals surface area contributed by atoms with Crippen molar-refractivity contribution >= 4 is 28.4 Å². The number of aromatic amines is 1. The molecule has 4 rings (SSSR count). The van der Waals surface area contributed by atoms with Gasteiger partial charge in [0, 0.05) is 17.1 Å². The summed E-state index contributed by atoms with van der Waals surface area (Å²) in [4.78, 5) is 16.1. The first kappa shape index (κ1) is 17.1. The molecule has 0 aliphatic heterocycles. The molecule has 0 radical (unpaired) electrons. The highest BCUT2D eigenvalue weighted by Crippen LogP contribution is 2.35. The van der Waals surface area contributed by atoms with Crippen LogP contribution in [0.5, 0.6) is 11.6 Å². The second kappa shape index (κ2) is 6.79. The van der Waals surface area contributed by atoms with Gasteiger partial charge in [-0.3, -0.25) is 5.10 Å². The van der Waals surface area contributed by atoms with Gasteiger partial charge in [0.1, 0.15) is 23.2 Å². The second-order valence-electron chi connectivity index (χ2n) is 6.62. The summed E-state index contributed by atoms with van der Waals surface area (Å²) in [6.07, 6.45) is 3.18. The van der Waals surface area contributed by atoms with Crippen LogP contribution in [0.15, 0.2) is 24.3 Å². The number of carboxylic acids is 1. The molecule has 0 bridgehead atoms. The molecular weight excluding hydrogens is 348 g/mol. The third kappa shape index (κ3) is 3.38. The number of methoxy groups -OCH3 is 1. The second-order valence-corrected chi connectivity index (χ2v) is 6.62. The highest BCUT2D eigenvalue weighted by molar-refractivity contribution is 6.00. The quantitative estimate of drug-likeness (QED) is 0.609. The zero-order valence-electron chi connectivity index (χ0n) is 15.1. The number of aromatic nitrogens is 3. The maximum Gasteiger partial charge on any atom is 0.339 e. The minimum atomic E-state index is -1.06. The Morgan fingerprint density at radius 3 is 2.67 bits per heavy atom. The Labute approximate surface area is 155 Å². The lowest BCUT2D eigenvalue weighted by atomic mass is 9.96. The predicted octanol–water partition coefficient (Wildman–Crippen LogP) is 3.65. The first-order chi connectivity index (χ1) is 13.0. The van der Waals surface area contributed by atoms with Gasteiger partial charge in [-0.1, -0.05) is 0 Å². The molecule has 140 valence electrons. The van der Waals surface area contributed by atoms with Gasteiger partial charge in [0.05, 0.1) is 7.11 Å². The van der Waals surface area contributed by atoms with Crippen LogP contribution in [0.3, 0.4) is 0 Å². The van der Waals surface area contributed by atoms with Crippen LogP contribution in [0, 0.1) is 6.92 Å². The number of nitrogens with zero attached hydrogens (tertiary/aromatic N) is 2. The Balaban J connectivity index is 1.82. The standard InChI is InChI=1S/C19H20N4O4/c1-10-6-17(23-22-10)20-16-8-11-7-15(26-2)14(19(24)25)9-13(11)18(21-16)27-12-4-3-5-12/h6-9,12H,3-5H2,1-2H3,(H,24,25)(H2,20,21,22,23). The number of carboxylic acid groups (broad SMARTS) is 1. The first-order valence-corrected chi connectivity index (χ1v) is 8.75. The average molecular weight is 368 g/mol. The highest BCUT2D eigenvalue weighted by atomic mass is 16.5. The Hall–Kier alpha value is -3.29. The van der Waals surface area contributed by atoms with Gasteiger partial charge in [0.25, 0.3) is 0 Å². The number of aromatic carboxylic acids is 1. The van der Waals surface area contributed by atoms with Crippen molar-refractivity contribution in [1.82, 2.24) is 15.2 Å². The third-order valence-corrected chi connectivity index (χ3v) is 4.64. The molecule has 3 aromatic rings. The molecule has 8 nitrogen and oxygen atoms in total. The number of anilines is 2. The van der Waals surface area contributed by atoms with E-state index in [1.54, 1.807) is 12.1 Å². The summed E-state index contributed by atoms with van der Waals surface area (Å²) in [6, 6.07) is 6.93. The normalized spacial score (nSPS) is 14.0. The largest absolute Gasteiger partial charge is 0.496 e. The molecule has 0 amide bonds. The van der Waals surface area contributed by atoms with E-state index in [0.29, 0.717) is 22.9 Å². The van der Waals surface area contributed by atoms with Gasteiger partial charge < -0.3 is 19.9 Å². The summed E-state index contributed by atoms with van der Waals surface area (Å²) in [7, 11) is 1.45. The van der Waals surface area contributed by atoms with Crippen molar-refractivity contribution in [2.45, 2.75) is 32.3 Å². The van der Waals surface area contributed by atoms with Crippen LogP contribution in [0.25, 0.3) is 10.8 Å². The number of aryl methyl sites for hydroxylation is 1. The van der Waals surface area contributed by atoms with E-state index in [2.05, 4.69) is 20.5 Å². The predicted molar refractivity (Wildman–Crippen MR) is 100 cm³/mol. The van der Waals surface area contributed by atoms with Crippen molar-refractivity contribution in [3.63, 3.8) is 0 Å². The molecule has 8 heteroatoms. The summed E-state index contributed by atoms with van der Waals surface area (Å²) in [6.45, 7) is 1.91. The molecule has 1 aliphatic rings. The molecule has 1 aromatic carbocycles. The van der Waals surface area contributed by atoms with E-state index in [-0.39, 0.29) is 17.4 Å². The summed E-state index contributed by atoms with van der Waals surface area (Å²) < 4.78 is 11.3. The molecule has 0 spiro atoms. The highest BCUT2D eigenvalue weighted by Gasteiger charge is 2.23. The topological polar surface area (TPSA) is 109 Å². The molecule has 3 N–H and O–H groups in total. The Morgan fingerprint density at radius 2 is 2.07 bits per heavy atom. The zero-order chi connectivity index (χ0) is 19.0. The van der Waals surface area contributed by atoms with Gasteiger partial charge in [-0.05, 0) is 49.8 Å². The molecule has 0 atom stereocenters. The fourth-order valence-electron chi connectivity index (χ4n) is 3.00. The maximum absolute atomic E-state index is 11.6. The molecule has 27 heavy (non-hydrogen) atoms. The van der Waals surface area contributed by atoms with E-state index in [1.165, 1.54) is 7.11 Å². The van der Waals surface area contributed by atoms with E-state index in [0.717, 1.165) is 30.3 Å². The maximum atomic E-state index is 11.6. The Bertz CT molecular complexity index is 1010. The summed E-state index contributed by atoms with van der Waals surface area (Å²) in [5, 5.41) is 21.1. The Kier molecular flexibility index (Phi) is 4.31. The SMILES string of the molecule is COc1cc2cc(Nc3cc(C)[nH]n3)nc(OC3CCC3)c2cc1C(=O)O. The number of benzene rings is 1. The lowest BCUT2D eigenvalue weighted by Gasteiger charge is -2.26. The van der Waals surface area contributed by atoms with E-state index < -0.39 is 5.97 Å². The van der Waals surface area contributed by atoms with Gasteiger partial charge in [-0.2, -0.15) is 10.1 Å². The number of pyridine rings is 1. The van der Waals surface area contributed by atoms with Crippen LogP contribution in [-0.4, -0.2) is 39.5 Å². The molecule has 2 aromatic heterocycles. The van der Waals surface area contributed by atoms with E-state index in [1.807, 2.05) is 19.1 Å². The van der Waals surface area contributed by atoms with E-state index in [9.17, 15) is 9.90 Å². The lowest BCUT2D eigenvalue weighted by molar-refractivity contribution is 0.0693. The van der Waals surface area contributed by atoms with Crippen LogP contribution >= 0.6 is 0 Å². The van der Waals surface area contributed by atoms with Crippen molar-refractivity contribution in [2.75, 3.05) is 12.4 Å². The number of rotatable bonds is 6. The number of H-pyrrole nitrogens is 1. The first-order valence-electron chi connectivity index (χ1n) is 8.75. The van der Waals surface area contributed by atoms with Crippen molar-refractivity contribution in [1.29, 1.82) is 0 Å². The summed E-state index contributed by atoms with van der Waals surface area (Å²) in [5.74, 6) is 0.850. The number of fused-ring (bicyclic) bond motifs is 1. The van der Waals surface area contributed by atoms with Gasteiger partial charge in [-0.25, -0.2) is 4.79 Å². The van der Waals surface area contributed by atoms with Crippen molar-refractivity contribution in [3.05, 3.63) is 35.5 Å². The van der Waals surface area contributed by atoms with Gasteiger partial charge in [0.2, 0.25) is 5.88 Å². The monoisotopic (exact) mass is 368 g/mol. The van der Waals surface area contributed by atoms with Crippen LogP contribution in [-0.2, 0) is 0 Å². The van der Waals surface area contributed by atoms with Crippen LogP contribution in [0.1, 0.15) is 35.3 Å². The molecule has 1 saturated carbocycles. The van der Waals surface area contributed by atoms with Gasteiger partial charge >= 0.3 is 5.97 Å². The van der Waals surface area contributed by atoms with Crippen LogP contribution in [0.4, 0.5) is 11.6 Å². The van der Waals surface area contributed by atoms with Gasteiger partial charge in [0.15, 0.2) is 5.82 Å². The third-order valence-electron chi connectivity index (χ3n) is 4.64. The average Bonchev–Trinajstić information content (AvgIpc) is 3.01. The van der Waals surface area contributed by atoms with E-state index >= 15 is 0 Å². The Morgan fingerprint density at radius 1 is 1.26 bits per heavy atom. The zero-order valence-corrected chi connectivity index (χ0v) is 15.1. The molecular formula is C19H20N4O4. The molecule has 0 unspecified atom stereocenters. The number of ether oxygens (including phenoxy) is 2. The molecule has 2 heterocycles. The van der Waals surface area contributed by atoms with E-state index in [4.69, 9.17) is 9.47 Å². The molecule has 1 aliphatic carbocycles. The summed E-state index contributed by atoms with van der Waals surface area (Å²) in [5.41, 5.74) is 1.01. The fourth-order valence-corrected chi connectivity index (χ4v) is 3.00. The summed E-state index contributed by atoms with van der Waals surface area (Å²) >= 11 is 0. The minimum absolute atomic E-state index is 0.0777. The number of nitrogens with one attached hydrogen (secondary N) is 2. The van der Waals surface area contributed by atoms with Crippen molar-refractivity contribution < 1.29 is 19.4 Å². The lowest BCUT2D eigenvalue weighted by Crippen LogP contribution is -2.25. The smallest absolute Gasteiger partial charge is 0.339 e. The van der Waals surface area contributed by atoms with Crippen LogP contribution in [0.2, 0.25) is 0 Å². The molecule has 0 saturated heterocycles. The van der Waals surface area contributed by atoms with Crippen molar-refractivity contribution in [3.8, 4) is 11.6 Å². The number of hydrogen-bond donors (Lipinski definition) is 3. The molecule has 1 fully saturated rings. The number of carbonyl (C=O) groups is 1.